The van der Waals surface area contributed by atoms with Gasteiger partial charge in [0.1, 0.15) is 6.10 Å². The van der Waals surface area contributed by atoms with E-state index in [-0.39, 0.29) is 5.91 Å². The van der Waals surface area contributed by atoms with Crippen molar-refractivity contribution in [2.45, 2.75) is 19.4 Å². The van der Waals surface area contributed by atoms with Crippen molar-refractivity contribution in [3.8, 4) is 0 Å². The standard InChI is InChI=1S/C6H11NO2/c1-2-7-4-3-5(8)6(7)9/h5,8H,2-4H2,1H3. The molecule has 1 aliphatic rings. The Bertz CT molecular complexity index is 124. The second-order valence-electron chi connectivity index (χ2n) is 2.22. The van der Waals surface area contributed by atoms with Crippen molar-refractivity contribution in [1.29, 1.82) is 0 Å². The number of nitrogens with zero attached hydrogens (tertiary/aromatic N) is 1. The molecule has 0 aromatic rings. The van der Waals surface area contributed by atoms with Gasteiger partial charge in [-0.2, -0.15) is 0 Å². The van der Waals surface area contributed by atoms with Gasteiger partial charge in [-0.3, -0.25) is 4.79 Å². The maximum absolute atomic E-state index is 10.8. The molecule has 9 heavy (non-hydrogen) atoms. The van der Waals surface area contributed by atoms with E-state index in [4.69, 9.17) is 5.11 Å². The van der Waals surface area contributed by atoms with Gasteiger partial charge in [0.05, 0.1) is 0 Å². The van der Waals surface area contributed by atoms with Crippen LogP contribution in [0.25, 0.3) is 0 Å². The third-order valence-corrected chi connectivity index (χ3v) is 1.65. The quantitative estimate of drug-likeness (QED) is 0.523. The van der Waals surface area contributed by atoms with Crippen molar-refractivity contribution in [3.05, 3.63) is 0 Å². The van der Waals surface area contributed by atoms with Crippen LogP contribution in [-0.2, 0) is 4.79 Å². The molecule has 1 rings (SSSR count). The number of hydrogen-bond donors (Lipinski definition) is 1. The summed E-state index contributed by atoms with van der Waals surface area (Å²) < 4.78 is 0. The number of amides is 1. The van der Waals surface area contributed by atoms with E-state index in [1.807, 2.05) is 6.92 Å². The number of rotatable bonds is 1. The maximum atomic E-state index is 10.8. The first-order valence-corrected chi connectivity index (χ1v) is 3.22. The Morgan fingerprint density at radius 2 is 2.56 bits per heavy atom. The van der Waals surface area contributed by atoms with Crippen LogP contribution >= 0.6 is 0 Å². The van der Waals surface area contributed by atoms with E-state index in [1.54, 1.807) is 4.90 Å². The van der Waals surface area contributed by atoms with Crippen molar-refractivity contribution in [2.75, 3.05) is 13.1 Å². The van der Waals surface area contributed by atoms with Crippen LogP contribution in [0.15, 0.2) is 0 Å². The largest absolute Gasteiger partial charge is 0.383 e. The first kappa shape index (κ1) is 6.55. The fourth-order valence-corrected chi connectivity index (χ4v) is 1.04. The van der Waals surface area contributed by atoms with Crippen molar-refractivity contribution >= 4 is 5.91 Å². The molecule has 0 spiro atoms. The molecule has 0 aliphatic carbocycles. The monoisotopic (exact) mass is 129 g/mol. The number of hydrogen-bond acceptors (Lipinski definition) is 2. The number of likely N-dealkylation sites (tertiary alicyclic amines) is 1. The molecule has 0 radical (unpaired) electrons. The highest BCUT2D eigenvalue weighted by Gasteiger charge is 2.27. The van der Waals surface area contributed by atoms with Crippen LogP contribution in [0.1, 0.15) is 13.3 Å². The molecule has 1 aliphatic heterocycles. The summed E-state index contributed by atoms with van der Waals surface area (Å²) in [6.45, 7) is 3.35. The molecule has 0 saturated carbocycles. The lowest BCUT2D eigenvalue weighted by Gasteiger charge is -2.10. The summed E-state index contributed by atoms with van der Waals surface area (Å²) in [6, 6.07) is 0. The van der Waals surface area contributed by atoms with Crippen molar-refractivity contribution in [2.24, 2.45) is 0 Å². The van der Waals surface area contributed by atoms with Crippen LogP contribution in [0.4, 0.5) is 0 Å². The maximum Gasteiger partial charge on any atom is 0.251 e. The Kier molecular flexibility index (Phi) is 1.71. The first-order valence-electron chi connectivity index (χ1n) is 3.22. The van der Waals surface area contributed by atoms with Gasteiger partial charge in [0.2, 0.25) is 0 Å². The topological polar surface area (TPSA) is 40.5 Å². The summed E-state index contributed by atoms with van der Waals surface area (Å²) in [6.07, 6.45) is -0.114. The molecule has 0 aromatic carbocycles. The minimum atomic E-state index is -0.718. The first-order chi connectivity index (χ1) is 4.25. The van der Waals surface area contributed by atoms with Crippen molar-refractivity contribution in [1.82, 2.24) is 4.90 Å². The lowest BCUT2D eigenvalue weighted by Crippen LogP contribution is -2.28. The van der Waals surface area contributed by atoms with Gasteiger partial charge in [0.15, 0.2) is 0 Å². The molecule has 3 heteroatoms. The second-order valence-corrected chi connectivity index (χ2v) is 2.22. The molecule has 1 saturated heterocycles. The van der Waals surface area contributed by atoms with Crippen LogP contribution in [0.2, 0.25) is 0 Å². The van der Waals surface area contributed by atoms with E-state index in [2.05, 4.69) is 0 Å². The van der Waals surface area contributed by atoms with E-state index in [1.165, 1.54) is 0 Å². The molecule has 52 valence electrons. The third-order valence-electron chi connectivity index (χ3n) is 1.65. The fraction of sp³-hybridized carbons (Fsp3) is 0.833. The van der Waals surface area contributed by atoms with Gasteiger partial charge in [0, 0.05) is 13.1 Å². The summed E-state index contributed by atoms with van der Waals surface area (Å²) >= 11 is 0. The molecule has 0 bridgehead atoms. The number of carbonyl (C=O) groups excluding carboxylic acids is 1. The summed E-state index contributed by atoms with van der Waals surface area (Å²) in [5, 5.41) is 8.91. The highest BCUT2D eigenvalue weighted by molar-refractivity contribution is 5.82. The molecule has 0 aromatic heterocycles. The average Bonchev–Trinajstić information content (AvgIpc) is 2.15. The van der Waals surface area contributed by atoms with Crippen LogP contribution in [0.5, 0.6) is 0 Å². The van der Waals surface area contributed by atoms with Crippen LogP contribution in [0, 0.1) is 0 Å². The molecule has 1 amide bonds. The smallest absolute Gasteiger partial charge is 0.251 e. The molecular weight excluding hydrogens is 118 g/mol. The molecule has 1 atom stereocenters. The number of carbonyl (C=O) groups is 1. The molecule has 1 heterocycles. The zero-order chi connectivity index (χ0) is 6.85. The van der Waals surface area contributed by atoms with Gasteiger partial charge in [-0.1, -0.05) is 0 Å². The highest BCUT2D eigenvalue weighted by atomic mass is 16.3. The Morgan fingerprint density at radius 1 is 1.89 bits per heavy atom. The minimum absolute atomic E-state index is 0.113. The summed E-state index contributed by atoms with van der Waals surface area (Å²) in [4.78, 5) is 12.5. The minimum Gasteiger partial charge on any atom is -0.383 e. The molecule has 3 nitrogen and oxygen atoms in total. The SMILES string of the molecule is CCN1CCC(O)C1=O. The Labute approximate surface area is 54.3 Å². The molecule has 1 N–H and O–H groups in total. The van der Waals surface area contributed by atoms with E-state index in [9.17, 15) is 4.79 Å². The molecule has 1 fully saturated rings. The van der Waals surface area contributed by atoms with E-state index in [0.717, 1.165) is 13.1 Å². The van der Waals surface area contributed by atoms with E-state index >= 15 is 0 Å². The van der Waals surface area contributed by atoms with Gasteiger partial charge in [-0.05, 0) is 13.3 Å². The van der Waals surface area contributed by atoms with Crippen molar-refractivity contribution in [3.63, 3.8) is 0 Å². The number of likely N-dealkylation sites (N-methyl/N-ethyl adjacent to an activating group) is 1. The normalized spacial score (nSPS) is 27.6. The highest BCUT2D eigenvalue weighted by Crippen LogP contribution is 2.08. The van der Waals surface area contributed by atoms with Crippen molar-refractivity contribution < 1.29 is 9.90 Å². The lowest BCUT2D eigenvalue weighted by atomic mass is 10.3. The summed E-state index contributed by atoms with van der Waals surface area (Å²) in [7, 11) is 0. The van der Waals surface area contributed by atoms with Gasteiger partial charge < -0.3 is 10.0 Å². The van der Waals surface area contributed by atoms with Crippen LogP contribution in [-0.4, -0.2) is 35.1 Å². The number of aliphatic hydroxyl groups excluding tert-OH is 1. The fourth-order valence-electron chi connectivity index (χ4n) is 1.04. The third kappa shape index (κ3) is 1.05. The number of aliphatic hydroxyl groups is 1. The van der Waals surface area contributed by atoms with Gasteiger partial charge in [0.25, 0.3) is 5.91 Å². The van der Waals surface area contributed by atoms with Crippen LogP contribution < -0.4 is 0 Å². The molecule has 1 unspecified atom stereocenters. The Morgan fingerprint density at radius 3 is 2.78 bits per heavy atom. The van der Waals surface area contributed by atoms with E-state index in [0.29, 0.717) is 6.42 Å². The predicted octanol–water partition coefficient (Wildman–Crippen LogP) is -0.401. The summed E-state index contributed by atoms with van der Waals surface area (Å²) in [5.74, 6) is -0.113. The predicted molar refractivity (Wildman–Crippen MR) is 32.9 cm³/mol. The summed E-state index contributed by atoms with van der Waals surface area (Å²) in [5.41, 5.74) is 0. The Hall–Kier alpha value is -0.570. The lowest BCUT2D eigenvalue weighted by molar-refractivity contribution is -0.134. The van der Waals surface area contributed by atoms with Gasteiger partial charge in [-0.25, -0.2) is 0 Å². The van der Waals surface area contributed by atoms with Gasteiger partial charge in [-0.15, -0.1) is 0 Å². The molecular formula is C6H11NO2. The Balaban J connectivity index is 2.51. The zero-order valence-corrected chi connectivity index (χ0v) is 5.50. The zero-order valence-electron chi connectivity index (χ0n) is 5.50. The van der Waals surface area contributed by atoms with Crippen LogP contribution in [0.3, 0.4) is 0 Å². The van der Waals surface area contributed by atoms with Gasteiger partial charge >= 0.3 is 0 Å². The van der Waals surface area contributed by atoms with E-state index < -0.39 is 6.10 Å². The second kappa shape index (κ2) is 2.35. The average molecular weight is 129 g/mol.